The Hall–Kier alpha value is -0.610. The van der Waals surface area contributed by atoms with Crippen LogP contribution in [0.5, 0.6) is 0 Å². The van der Waals surface area contributed by atoms with Crippen LogP contribution in [0, 0.1) is 12.3 Å². The van der Waals surface area contributed by atoms with Crippen molar-refractivity contribution in [2.24, 2.45) is 5.41 Å². The highest BCUT2D eigenvalue weighted by molar-refractivity contribution is 8.67. The summed E-state index contributed by atoms with van der Waals surface area (Å²) >= 11 is 7.36. The largest absolute Gasteiger partial charge is 0.440 e. The van der Waals surface area contributed by atoms with Gasteiger partial charge in [-0.2, -0.15) is 0 Å². The van der Waals surface area contributed by atoms with Gasteiger partial charge < -0.3 is 9.05 Å². The van der Waals surface area contributed by atoms with Crippen molar-refractivity contribution in [2.75, 3.05) is 12.4 Å². The molecule has 0 saturated carbocycles. The summed E-state index contributed by atoms with van der Waals surface area (Å²) in [6, 6.07) is 7.97. The predicted octanol–water partition coefficient (Wildman–Crippen LogP) is 6.52. The molecule has 0 saturated heterocycles. The molecule has 0 aromatic heterocycles. The fraction of sp³-hybridized carbons (Fsp3) is 0.550. The first kappa shape index (κ1) is 21.7. The van der Waals surface area contributed by atoms with Gasteiger partial charge in [0.05, 0.1) is 12.2 Å². The van der Waals surface area contributed by atoms with Gasteiger partial charge in [-0.1, -0.05) is 56.4 Å². The van der Waals surface area contributed by atoms with Crippen LogP contribution in [0.4, 0.5) is 0 Å². The average molecular weight is 413 g/mol. The molecule has 0 aliphatic heterocycles. The van der Waals surface area contributed by atoms with E-state index in [1.807, 2.05) is 38.1 Å². The number of ketones is 1. The molecular weight excluding hydrogens is 383 g/mol. The van der Waals surface area contributed by atoms with Crippen LogP contribution in [-0.4, -0.2) is 18.1 Å². The number of aryl methyl sites for hydroxylation is 1. The van der Waals surface area contributed by atoms with E-state index in [0.29, 0.717) is 30.8 Å². The minimum absolute atomic E-state index is 0.129. The molecule has 1 aliphatic carbocycles. The third kappa shape index (κ3) is 5.45. The lowest BCUT2D eigenvalue weighted by Crippen LogP contribution is -2.26. The Labute approximate surface area is 166 Å². The van der Waals surface area contributed by atoms with Crippen molar-refractivity contribution in [2.45, 2.75) is 53.9 Å². The van der Waals surface area contributed by atoms with E-state index in [-0.39, 0.29) is 11.2 Å². The Morgan fingerprint density at radius 2 is 1.92 bits per heavy atom. The standard InChI is InChI=1S/C20H29O3PS2/c1-6-12-26-24(25,22-7-2)23-18-14-20(4,5)13-17(21)19(18)16-11-9-8-10-15(16)3/h8-11H,6-7,12-14H2,1-5H3. The van der Waals surface area contributed by atoms with Crippen LogP contribution < -0.4 is 0 Å². The lowest BCUT2D eigenvalue weighted by atomic mass is 9.75. The van der Waals surface area contributed by atoms with Crippen LogP contribution in [0.3, 0.4) is 0 Å². The van der Waals surface area contributed by atoms with E-state index < -0.39 is 5.69 Å². The molecule has 0 heterocycles. The van der Waals surface area contributed by atoms with Crippen LogP contribution in [0.25, 0.3) is 5.57 Å². The highest BCUT2D eigenvalue weighted by Gasteiger charge is 2.37. The van der Waals surface area contributed by atoms with Crippen LogP contribution in [0.15, 0.2) is 30.0 Å². The molecule has 0 N–H and O–H groups in total. The van der Waals surface area contributed by atoms with E-state index in [0.717, 1.165) is 23.3 Å². The second-order valence-corrected chi connectivity index (χ2v) is 13.7. The smallest absolute Gasteiger partial charge is 0.297 e. The Morgan fingerprint density at radius 1 is 1.23 bits per heavy atom. The molecule has 0 fully saturated rings. The van der Waals surface area contributed by atoms with Gasteiger partial charge >= 0.3 is 0 Å². The van der Waals surface area contributed by atoms with Gasteiger partial charge in [0.15, 0.2) is 5.78 Å². The predicted molar refractivity (Wildman–Crippen MR) is 116 cm³/mol. The fourth-order valence-corrected chi connectivity index (χ4v) is 7.85. The van der Waals surface area contributed by atoms with Gasteiger partial charge in [0.1, 0.15) is 5.76 Å². The van der Waals surface area contributed by atoms with E-state index in [1.165, 1.54) is 0 Å². The van der Waals surface area contributed by atoms with Crippen molar-refractivity contribution < 1.29 is 13.8 Å². The number of rotatable bonds is 8. The molecule has 0 spiro atoms. The molecule has 0 radical (unpaired) electrons. The van der Waals surface area contributed by atoms with E-state index in [9.17, 15) is 4.79 Å². The number of hydrogen-bond acceptors (Lipinski definition) is 5. The minimum Gasteiger partial charge on any atom is -0.440 e. The number of carbonyl (C=O) groups is 1. The maximum absolute atomic E-state index is 13.0. The molecule has 1 unspecified atom stereocenters. The molecule has 1 atom stereocenters. The molecule has 26 heavy (non-hydrogen) atoms. The minimum atomic E-state index is -2.52. The zero-order valence-electron chi connectivity index (χ0n) is 16.3. The number of benzene rings is 1. The normalized spacial score (nSPS) is 19.3. The van der Waals surface area contributed by atoms with Crippen molar-refractivity contribution in [3.63, 3.8) is 0 Å². The lowest BCUT2D eigenvalue weighted by Gasteiger charge is -2.34. The molecular formula is C20H29O3PS2. The number of allylic oxidation sites excluding steroid dienone is 2. The monoisotopic (exact) mass is 412 g/mol. The molecule has 1 aromatic carbocycles. The molecule has 1 aliphatic rings. The quantitative estimate of drug-likeness (QED) is 0.454. The Balaban J connectivity index is 2.52. The Bertz CT molecular complexity index is 740. The summed E-state index contributed by atoms with van der Waals surface area (Å²) in [6.07, 6.45) is 2.22. The van der Waals surface area contributed by atoms with Crippen LogP contribution >= 0.6 is 17.1 Å². The third-order valence-corrected chi connectivity index (χ3v) is 9.66. The highest BCUT2D eigenvalue weighted by Crippen LogP contribution is 2.64. The molecule has 0 bridgehead atoms. The second kappa shape index (κ2) is 9.05. The van der Waals surface area contributed by atoms with Crippen LogP contribution in [0.1, 0.15) is 58.1 Å². The molecule has 3 nitrogen and oxygen atoms in total. The summed E-state index contributed by atoms with van der Waals surface area (Å²) in [4.78, 5) is 13.0. The summed E-state index contributed by atoms with van der Waals surface area (Å²) in [5, 5.41) is 0. The van der Waals surface area contributed by atoms with Crippen molar-refractivity contribution in [3.8, 4) is 0 Å². The second-order valence-electron chi connectivity index (χ2n) is 7.34. The van der Waals surface area contributed by atoms with Crippen molar-refractivity contribution >= 4 is 40.2 Å². The zero-order valence-corrected chi connectivity index (χ0v) is 18.9. The van der Waals surface area contributed by atoms with E-state index in [1.54, 1.807) is 11.4 Å². The zero-order chi connectivity index (χ0) is 19.4. The topological polar surface area (TPSA) is 35.5 Å². The maximum atomic E-state index is 13.0. The molecule has 2 rings (SSSR count). The van der Waals surface area contributed by atoms with Gasteiger partial charge in [-0.25, -0.2) is 0 Å². The van der Waals surface area contributed by atoms with E-state index in [2.05, 4.69) is 20.8 Å². The first-order chi connectivity index (χ1) is 12.2. The van der Waals surface area contributed by atoms with Crippen LogP contribution in [0.2, 0.25) is 0 Å². The fourth-order valence-electron chi connectivity index (χ4n) is 3.08. The maximum Gasteiger partial charge on any atom is 0.297 e. The lowest BCUT2D eigenvalue weighted by molar-refractivity contribution is -0.116. The SMILES string of the molecule is CCCSP(=S)(OCC)OC1=C(c2ccccc2C)C(=O)CC(C)(C)C1. The van der Waals surface area contributed by atoms with Crippen LogP contribution in [-0.2, 0) is 25.6 Å². The first-order valence-corrected chi connectivity index (χ1v) is 13.4. The number of carbonyl (C=O) groups excluding carboxylic acids is 1. The summed E-state index contributed by atoms with van der Waals surface area (Å²) in [6.45, 7) is 10.8. The van der Waals surface area contributed by atoms with E-state index in [4.69, 9.17) is 20.9 Å². The number of hydrogen-bond donors (Lipinski definition) is 0. The van der Waals surface area contributed by atoms with Crippen molar-refractivity contribution in [1.82, 2.24) is 0 Å². The first-order valence-electron chi connectivity index (χ1n) is 9.12. The Kier molecular flexibility index (Phi) is 7.55. The Morgan fingerprint density at radius 3 is 2.54 bits per heavy atom. The highest BCUT2D eigenvalue weighted by atomic mass is 32.9. The van der Waals surface area contributed by atoms with Gasteiger partial charge in [-0.05, 0) is 48.6 Å². The number of Topliss-reactive ketones (excluding diaryl/α,β-unsaturated/α-hetero) is 1. The summed E-state index contributed by atoms with van der Waals surface area (Å²) < 4.78 is 12.2. The molecule has 144 valence electrons. The molecule has 6 heteroatoms. The van der Waals surface area contributed by atoms with Crippen molar-refractivity contribution in [3.05, 3.63) is 41.2 Å². The van der Waals surface area contributed by atoms with Crippen molar-refractivity contribution in [1.29, 1.82) is 0 Å². The molecule has 1 aromatic rings. The molecule has 0 amide bonds. The van der Waals surface area contributed by atoms with Gasteiger partial charge in [0, 0.05) is 18.6 Å². The van der Waals surface area contributed by atoms with Gasteiger partial charge in [0.2, 0.25) is 0 Å². The van der Waals surface area contributed by atoms with E-state index >= 15 is 0 Å². The van der Waals surface area contributed by atoms with Gasteiger partial charge in [-0.15, -0.1) is 0 Å². The van der Waals surface area contributed by atoms with Gasteiger partial charge in [-0.3, -0.25) is 4.79 Å². The summed E-state index contributed by atoms with van der Waals surface area (Å²) in [7, 11) is 0. The summed E-state index contributed by atoms with van der Waals surface area (Å²) in [5.74, 6) is 1.73. The van der Waals surface area contributed by atoms with Gasteiger partial charge in [0.25, 0.3) is 5.69 Å². The third-order valence-electron chi connectivity index (χ3n) is 4.21. The summed E-state index contributed by atoms with van der Waals surface area (Å²) in [5.41, 5.74) is 0.0474. The average Bonchev–Trinajstić information content (AvgIpc) is 2.53.